The number of nitrogens with one attached hydrogen (secondary N) is 1. The summed E-state index contributed by atoms with van der Waals surface area (Å²) in [6, 6.07) is 3.91. The Morgan fingerprint density at radius 1 is 1.43 bits per heavy atom. The Morgan fingerprint density at radius 3 is 3.05 bits per heavy atom. The quantitative estimate of drug-likeness (QED) is 0.840. The zero-order valence-electron chi connectivity index (χ0n) is 12.0. The second-order valence-electron chi connectivity index (χ2n) is 6.42. The van der Waals surface area contributed by atoms with Crippen molar-refractivity contribution in [2.75, 3.05) is 6.54 Å². The maximum absolute atomic E-state index is 13.0. The third-order valence-corrected chi connectivity index (χ3v) is 4.93. The number of hydrogen-bond donors (Lipinski definition) is 2. The highest BCUT2D eigenvalue weighted by Crippen LogP contribution is 2.36. The molecule has 5 rings (SSSR count). The highest BCUT2D eigenvalue weighted by molar-refractivity contribution is 6.06. The van der Waals surface area contributed by atoms with Crippen LogP contribution in [0.5, 0.6) is 0 Å². The third-order valence-electron chi connectivity index (χ3n) is 4.93. The summed E-state index contributed by atoms with van der Waals surface area (Å²) in [6.45, 7) is 2.75. The highest BCUT2D eigenvalue weighted by Gasteiger charge is 2.42. The zero-order chi connectivity index (χ0) is 14.6. The molecule has 2 N–H and O–H groups in total. The molecule has 0 radical (unpaired) electrons. The topological polar surface area (TPSA) is 69.2 Å². The minimum atomic E-state index is -0.372. The Hall–Kier alpha value is -1.88. The number of fused-ring (bicyclic) bond motifs is 4. The van der Waals surface area contributed by atoms with Crippen molar-refractivity contribution in [2.45, 2.75) is 38.3 Å². The molecule has 1 amide bonds. The van der Waals surface area contributed by atoms with Crippen LogP contribution >= 0.6 is 0 Å². The SMILES string of the molecule is Cc1cc(C(=O)N2CC3CCC2C(O)C3)c2[nH]ncc2c1. The number of nitrogens with zero attached hydrogens (tertiary/aromatic N) is 2. The van der Waals surface area contributed by atoms with Gasteiger partial charge in [0.15, 0.2) is 0 Å². The van der Waals surface area contributed by atoms with E-state index in [0.29, 0.717) is 11.5 Å². The summed E-state index contributed by atoms with van der Waals surface area (Å²) in [4.78, 5) is 14.8. The van der Waals surface area contributed by atoms with Gasteiger partial charge in [-0.05, 0) is 49.8 Å². The summed E-state index contributed by atoms with van der Waals surface area (Å²) in [5.41, 5.74) is 2.51. The molecule has 21 heavy (non-hydrogen) atoms. The zero-order valence-corrected chi connectivity index (χ0v) is 12.0. The number of H-pyrrole nitrogens is 1. The lowest BCUT2D eigenvalue weighted by Crippen LogP contribution is -2.57. The molecular weight excluding hydrogens is 266 g/mol. The van der Waals surface area contributed by atoms with E-state index in [9.17, 15) is 9.90 Å². The molecule has 1 aromatic heterocycles. The number of aromatic amines is 1. The molecule has 3 aliphatic rings. The molecule has 5 heteroatoms. The Morgan fingerprint density at radius 2 is 2.29 bits per heavy atom. The summed E-state index contributed by atoms with van der Waals surface area (Å²) in [5, 5.41) is 18.1. The van der Waals surface area contributed by atoms with E-state index in [4.69, 9.17) is 0 Å². The molecule has 3 atom stereocenters. The molecule has 2 aromatic rings. The minimum Gasteiger partial charge on any atom is -0.391 e. The van der Waals surface area contributed by atoms with E-state index >= 15 is 0 Å². The second kappa shape index (κ2) is 4.56. The number of aryl methyl sites for hydroxylation is 1. The molecule has 1 aliphatic carbocycles. The number of hydrogen-bond acceptors (Lipinski definition) is 3. The average molecular weight is 285 g/mol. The van der Waals surface area contributed by atoms with E-state index in [1.807, 2.05) is 24.0 Å². The Balaban J connectivity index is 1.75. The van der Waals surface area contributed by atoms with Crippen LogP contribution in [0.15, 0.2) is 18.3 Å². The maximum atomic E-state index is 13.0. The molecule has 2 aliphatic heterocycles. The van der Waals surface area contributed by atoms with Crippen LogP contribution in [0.4, 0.5) is 0 Å². The van der Waals surface area contributed by atoms with Gasteiger partial charge in [-0.1, -0.05) is 0 Å². The number of piperidine rings is 2. The normalized spacial score (nSPS) is 28.3. The lowest BCUT2D eigenvalue weighted by Gasteiger charge is -2.48. The van der Waals surface area contributed by atoms with Crippen LogP contribution in [-0.2, 0) is 0 Å². The summed E-state index contributed by atoms with van der Waals surface area (Å²) in [6.07, 6.45) is 4.25. The lowest BCUT2D eigenvalue weighted by molar-refractivity contribution is -0.0411. The Bertz CT molecular complexity index is 709. The van der Waals surface area contributed by atoms with Crippen LogP contribution in [0.25, 0.3) is 10.9 Å². The lowest BCUT2D eigenvalue weighted by atomic mass is 9.77. The molecule has 3 fully saturated rings. The van der Waals surface area contributed by atoms with E-state index in [-0.39, 0.29) is 18.1 Å². The number of benzene rings is 1. The predicted octanol–water partition coefficient (Wildman–Crippen LogP) is 1.86. The van der Waals surface area contributed by atoms with Crippen LogP contribution in [0.3, 0.4) is 0 Å². The van der Waals surface area contributed by atoms with E-state index in [0.717, 1.165) is 42.3 Å². The summed E-state index contributed by atoms with van der Waals surface area (Å²) < 4.78 is 0. The van der Waals surface area contributed by atoms with Crippen LogP contribution in [0, 0.1) is 12.8 Å². The number of carbonyl (C=O) groups is 1. The van der Waals surface area contributed by atoms with E-state index < -0.39 is 0 Å². The van der Waals surface area contributed by atoms with Gasteiger partial charge >= 0.3 is 0 Å². The number of aliphatic hydroxyl groups is 1. The fourth-order valence-corrected chi connectivity index (χ4v) is 3.92. The molecule has 2 saturated heterocycles. The molecule has 3 heterocycles. The molecule has 2 bridgehead atoms. The number of rotatable bonds is 1. The van der Waals surface area contributed by atoms with Crippen molar-refractivity contribution in [1.29, 1.82) is 0 Å². The first-order valence-corrected chi connectivity index (χ1v) is 7.56. The molecule has 5 nitrogen and oxygen atoms in total. The fourth-order valence-electron chi connectivity index (χ4n) is 3.92. The van der Waals surface area contributed by atoms with Crippen molar-refractivity contribution < 1.29 is 9.90 Å². The van der Waals surface area contributed by atoms with Gasteiger partial charge in [0, 0.05) is 11.9 Å². The van der Waals surface area contributed by atoms with Crippen LogP contribution in [-0.4, -0.2) is 44.8 Å². The largest absolute Gasteiger partial charge is 0.391 e. The highest BCUT2D eigenvalue weighted by atomic mass is 16.3. The maximum Gasteiger partial charge on any atom is 0.256 e. The molecule has 3 unspecified atom stereocenters. The third kappa shape index (κ3) is 1.95. The van der Waals surface area contributed by atoms with Gasteiger partial charge in [-0.25, -0.2) is 0 Å². The van der Waals surface area contributed by atoms with Crippen molar-refractivity contribution in [2.24, 2.45) is 5.92 Å². The van der Waals surface area contributed by atoms with Gasteiger partial charge in [0.1, 0.15) is 0 Å². The first-order chi connectivity index (χ1) is 10.1. The van der Waals surface area contributed by atoms with Gasteiger partial charge in [-0.2, -0.15) is 5.10 Å². The first kappa shape index (κ1) is 12.8. The average Bonchev–Trinajstić information content (AvgIpc) is 2.93. The van der Waals surface area contributed by atoms with Crippen molar-refractivity contribution in [3.63, 3.8) is 0 Å². The first-order valence-electron chi connectivity index (χ1n) is 7.56. The van der Waals surface area contributed by atoms with Gasteiger partial charge in [0.25, 0.3) is 5.91 Å². The number of carbonyl (C=O) groups excluding carboxylic acids is 1. The molecular formula is C16H19N3O2. The van der Waals surface area contributed by atoms with E-state index in [1.54, 1.807) is 6.20 Å². The predicted molar refractivity (Wildman–Crippen MR) is 79.0 cm³/mol. The van der Waals surface area contributed by atoms with Crippen molar-refractivity contribution in [1.82, 2.24) is 15.1 Å². The van der Waals surface area contributed by atoms with Gasteiger partial charge in [-0.3, -0.25) is 9.89 Å². The van der Waals surface area contributed by atoms with Gasteiger partial charge in [-0.15, -0.1) is 0 Å². The number of aliphatic hydroxyl groups excluding tert-OH is 1. The van der Waals surface area contributed by atoms with Crippen LogP contribution < -0.4 is 0 Å². The number of aromatic nitrogens is 2. The standard InChI is InChI=1S/C16H19N3O2/c1-9-4-11-7-17-18-15(11)12(5-9)16(21)19-8-10-2-3-13(19)14(20)6-10/h4-5,7,10,13-14,20H,2-3,6,8H2,1H3,(H,17,18). The van der Waals surface area contributed by atoms with Gasteiger partial charge in [0.2, 0.25) is 0 Å². The summed E-state index contributed by atoms with van der Waals surface area (Å²) in [7, 11) is 0. The van der Waals surface area contributed by atoms with Crippen molar-refractivity contribution in [3.8, 4) is 0 Å². The van der Waals surface area contributed by atoms with Crippen molar-refractivity contribution >= 4 is 16.8 Å². The van der Waals surface area contributed by atoms with Gasteiger partial charge in [0.05, 0.1) is 29.4 Å². The minimum absolute atomic E-state index is 0.0152. The summed E-state index contributed by atoms with van der Waals surface area (Å²) in [5.74, 6) is 0.456. The molecule has 110 valence electrons. The molecule has 1 aromatic carbocycles. The van der Waals surface area contributed by atoms with Crippen LogP contribution in [0.2, 0.25) is 0 Å². The van der Waals surface area contributed by atoms with Crippen molar-refractivity contribution in [3.05, 3.63) is 29.5 Å². The van der Waals surface area contributed by atoms with Crippen LogP contribution in [0.1, 0.15) is 35.2 Å². The Kier molecular flexibility index (Phi) is 2.79. The fraction of sp³-hybridized carbons (Fsp3) is 0.500. The molecule has 0 spiro atoms. The smallest absolute Gasteiger partial charge is 0.256 e. The number of amides is 1. The monoisotopic (exact) mass is 285 g/mol. The van der Waals surface area contributed by atoms with Gasteiger partial charge < -0.3 is 10.0 Å². The molecule has 1 saturated carbocycles. The summed E-state index contributed by atoms with van der Waals surface area (Å²) >= 11 is 0. The Labute approximate surface area is 122 Å². The van der Waals surface area contributed by atoms with E-state index in [1.165, 1.54) is 0 Å². The van der Waals surface area contributed by atoms with E-state index in [2.05, 4.69) is 10.2 Å². The second-order valence-corrected chi connectivity index (χ2v) is 6.42.